The molecule has 0 aliphatic heterocycles. The highest BCUT2D eigenvalue weighted by Gasteiger charge is 1.95. The molecule has 0 fully saturated rings. The van der Waals surface area contributed by atoms with Crippen molar-refractivity contribution in [3.8, 4) is 5.75 Å². The zero-order valence-corrected chi connectivity index (χ0v) is 9.75. The molecule has 1 aromatic carbocycles. The van der Waals surface area contributed by atoms with Crippen LogP contribution in [0.15, 0.2) is 24.3 Å². The van der Waals surface area contributed by atoms with Gasteiger partial charge in [-0.25, -0.2) is 4.39 Å². The monoisotopic (exact) mass is 226 g/mol. The molecule has 0 saturated carbocycles. The number of halogens is 1. The molecule has 0 amide bonds. The van der Waals surface area contributed by atoms with Crippen molar-refractivity contribution in [2.45, 2.75) is 25.7 Å². The van der Waals surface area contributed by atoms with Gasteiger partial charge in [0.15, 0.2) is 0 Å². The van der Waals surface area contributed by atoms with E-state index in [0.29, 0.717) is 12.4 Å². The van der Waals surface area contributed by atoms with Crippen LogP contribution in [-0.2, 0) is 4.74 Å². The number of rotatable bonds is 8. The van der Waals surface area contributed by atoms with E-state index in [9.17, 15) is 4.39 Å². The number of benzene rings is 1. The quantitative estimate of drug-likeness (QED) is 0.632. The van der Waals surface area contributed by atoms with Crippen LogP contribution in [0.3, 0.4) is 0 Å². The second-order valence-electron chi connectivity index (χ2n) is 3.71. The Morgan fingerprint density at radius 1 is 1.06 bits per heavy atom. The van der Waals surface area contributed by atoms with E-state index in [-0.39, 0.29) is 5.82 Å². The summed E-state index contributed by atoms with van der Waals surface area (Å²) < 4.78 is 23.2. The highest BCUT2D eigenvalue weighted by molar-refractivity contribution is 5.22. The lowest BCUT2D eigenvalue weighted by Crippen LogP contribution is -1.98. The van der Waals surface area contributed by atoms with Gasteiger partial charge in [0.1, 0.15) is 11.6 Å². The average Bonchev–Trinajstić information content (AvgIpc) is 2.28. The number of unbranched alkanes of at least 4 members (excludes halogenated alkanes) is 3. The molecule has 0 bridgehead atoms. The first-order chi connectivity index (χ1) is 7.83. The topological polar surface area (TPSA) is 18.5 Å². The average molecular weight is 226 g/mol. The van der Waals surface area contributed by atoms with E-state index in [2.05, 4.69) is 0 Å². The van der Waals surface area contributed by atoms with Crippen molar-refractivity contribution < 1.29 is 13.9 Å². The highest BCUT2D eigenvalue weighted by Crippen LogP contribution is 2.12. The van der Waals surface area contributed by atoms with E-state index >= 15 is 0 Å². The van der Waals surface area contributed by atoms with Crippen LogP contribution in [0.25, 0.3) is 0 Å². The van der Waals surface area contributed by atoms with Crippen molar-refractivity contribution in [2.75, 3.05) is 20.3 Å². The summed E-state index contributed by atoms with van der Waals surface area (Å²) in [6.45, 7) is 1.47. The highest BCUT2D eigenvalue weighted by atomic mass is 19.1. The van der Waals surface area contributed by atoms with Gasteiger partial charge >= 0.3 is 0 Å². The maximum absolute atomic E-state index is 12.8. The molecule has 90 valence electrons. The van der Waals surface area contributed by atoms with Crippen LogP contribution in [0.5, 0.6) is 5.75 Å². The van der Waals surface area contributed by atoms with Crippen LogP contribution < -0.4 is 4.74 Å². The minimum absolute atomic E-state index is 0.252. The van der Waals surface area contributed by atoms with Crippen molar-refractivity contribution in [2.24, 2.45) is 0 Å². The molecule has 1 aromatic rings. The van der Waals surface area contributed by atoms with Crippen LogP contribution in [0, 0.1) is 5.82 Å². The summed E-state index contributed by atoms with van der Waals surface area (Å²) in [5.41, 5.74) is 0. The van der Waals surface area contributed by atoms with Crippen LogP contribution in [-0.4, -0.2) is 20.3 Å². The Hall–Kier alpha value is -1.09. The maximum Gasteiger partial charge on any atom is 0.126 e. The molecule has 0 aliphatic carbocycles. The van der Waals surface area contributed by atoms with E-state index in [0.717, 1.165) is 32.3 Å². The molecule has 2 nitrogen and oxygen atoms in total. The van der Waals surface area contributed by atoms with Gasteiger partial charge in [0.25, 0.3) is 0 Å². The smallest absolute Gasteiger partial charge is 0.126 e. The molecule has 3 heteroatoms. The molecule has 1 rings (SSSR count). The lowest BCUT2D eigenvalue weighted by atomic mass is 10.2. The first-order valence-corrected chi connectivity index (χ1v) is 5.70. The fraction of sp³-hybridized carbons (Fsp3) is 0.538. The Kier molecular flexibility index (Phi) is 6.58. The van der Waals surface area contributed by atoms with Crippen LogP contribution >= 0.6 is 0 Å². The molecule has 0 aromatic heterocycles. The van der Waals surface area contributed by atoms with Gasteiger partial charge in [-0.2, -0.15) is 0 Å². The zero-order chi connectivity index (χ0) is 11.6. The molecule has 0 unspecified atom stereocenters. The fourth-order valence-electron chi connectivity index (χ4n) is 1.45. The standard InChI is InChI=1S/C13H19FO2/c1-15-9-4-2-3-5-10-16-13-8-6-7-12(14)11-13/h6-8,11H,2-5,9-10H2,1H3. The van der Waals surface area contributed by atoms with Crippen LogP contribution in [0.2, 0.25) is 0 Å². The van der Waals surface area contributed by atoms with Crippen molar-refractivity contribution in [1.82, 2.24) is 0 Å². The SMILES string of the molecule is COCCCCCCOc1cccc(F)c1. The Balaban J connectivity index is 2.03. The Bertz CT molecular complexity index is 289. The lowest BCUT2D eigenvalue weighted by molar-refractivity contribution is 0.191. The number of ether oxygens (including phenoxy) is 2. The van der Waals surface area contributed by atoms with Crippen LogP contribution in [0.4, 0.5) is 4.39 Å². The summed E-state index contributed by atoms with van der Waals surface area (Å²) >= 11 is 0. The van der Waals surface area contributed by atoms with Crippen molar-refractivity contribution in [3.63, 3.8) is 0 Å². The summed E-state index contributed by atoms with van der Waals surface area (Å²) in [5.74, 6) is 0.356. The predicted molar refractivity (Wildman–Crippen MR) is 62.2 cm³/mol. The summed E-state index contributed by atoms with van der Waals surface area (Å²) in [4.78, 5) is 0. The Morgan fingerprint density at radius 2 is 1.81 bits per heavy atom. The maximum atomic E-state index is 12.8. The van der Waals surface area contributed by atoms with Crippen molar-refractivity contribution in [3.05, 3.63) is 30.1 Å². The largest absolute Gasteiger partial charge is 0.493 e. The van der Waals surface area contributed by atoms with Gasteiger partial charge in [0.2, 0.25) is 0 Å². The van der Waals surface area contributed by atoms with E-state index in [1.807, 2.05) is 0 Å². The Labute approximate surface area is 96.4 Å². The third-order valence-corrected chi connectivity index (χ3v) is 2.31. The molecule has 0 atom stereocenters. The number of hydrogen-bond donors (Lipinski definition) is 0. The summed E-state index contributed by atoms with van der Waals surface area (Å²) in [7, 11) is 1.72. The lowest BCUT2D eigenvalue weighted by Gasteiger charge is -2.05. The predicted octanol–water partition coefficient (Wildman–Crippen LogP) is 3.41. The fourth-order valence-corrected chi connectivity index (χ4v) is 1.45. The van der Waals surface area contributed by atoms with E-state index in [1.54, 1.807) is 19.2 Å². The van der Waals surface area contributed by atoms with E-state index in [4.69, 9.17) is 9.47 Å². The first-order valence-electron chi connectivity index (χ1n) is 5.70. The van der Waals surface area contributed by atoms with Crippen molar-refractivity contribution >= 4 is 0 Å². The minimum atomic E-state index is -0.252. The van der Waals surface area contributed by atoms with Gasteiger partial charge in [-0.3, -0.25) is 0 Å². The summed E-state index contributed by atoms with van der Waals surface area (Å²) in [5, 5.41) is 0. The molecule has 0 spiro atoms. The van der Waals surface area contributed by atoms with Gasteiger partial charge in [-0.1, -0.05) is 12.5 Å². The molecule has 16 heavy (non-hydrogen) atoms. The molecule has 0 saturated heterocycles. The van der Waals surface area contributed by atoms with Gasteiger partial charge in [-0.15, -0.1) is 0 Å². The molecule has 0 aliphatic rings. The zero-order valence-electron chi connectivity index (χ0n) is 9.75. The van der Waals surface area contributed by atoms with Gasteiger partial charge < -0.3 is 9.47 Å². The normalized spacial score (nSPS) is 10.4. The minimum Gasteiger partial charge on any atom is -0.493 e. The third-order valence-electron chi connectivity index (χ3n) is 2.31. The second-order valence-corrected chi connectivity index (χ2v) is 3.71. The second kappa shape index (κ2) is 8.11. The molecular weight excluding hydrogens is 207 g/mol. The van der Waals surface area contributed by atoms with Gasteiger partial charge in [0.05, 0.1) is 6.61 Å². The first kappa shape index (κ1) is 13.0. The van der Waals surface area contributed by atoms with E-state index < -0.39 is 0 Å². The number of hydrogen-bond acceptors (Lipinski definition) is 2. The van der Waals surface area contributed by atoms with Gasteiger partial charge in [-0.05, 0) is 31.4 Å². The third kappa shape index (κ3) is 5.71. The van der Waals surface area contributed by atoms with E-state index in [1.165, 1.54) is 12.1 Å². The van der Waals surface area contributed by atoms with Gasteiger partial charge in [0, 0.05) is 19.8 Å². The summed E-state index contributed by atoms with van der Waals surface area (Å²) in [6.07, 6.45) is 4.37. The summed E-state index contributed by atoms with van der Waals surface area (Å²) in [6, 6.07) is 6.25. The Morgan fingerprint density at radius 3 is 2.50 bits per heavy atom. The molecular formula is C13H19FO2. The molecule has 0 radical (unpaired) electrons. The van der Waals surface area contributed by atoms with Crippen molar-refractivity contribution in [1.29, 1.82) is 0 Å². The molecule has 0 heterocycles. The molecule has 0 N–H and O–H groups in total. The number of methoxy groups -OCH3 is 1. The van der Waals surface area contributed by atoms with Crippen LogP contribution in [0.1, 0.15) is 25.7 Å².